The van der Waals surface area contributed by atoms with E-state index in [1.165, 1.54) is 26.3 Å². The minimum Gasteiger partial charge on any atom is -0.291 e. The minimum absolute atomic E-state index is 0.0333. The van der Waals surface area contributed by atoms with Gasteiger partial charge in [0.05, 0.1) is 16.8 Å². The highest BCUT2D eigenvalue weighted by atomic mass is 32.1. The van der Waals surface area contributed by atoms with Gasteiger partial charge >= 0.3 is 0 Å². The van der Waals surface area contributed by atoms with Gasteiger partial charge in [0, 0.05) is 4.88 Å². The van der Waals surface area contributed by atoms with Crippen LogP contribution < -0.4 is 5.56 Å². The molecule has 4 rings (SSSR count). The number of hydrogen-bond acceptors (Lipinski definition) is 5. The van der Waals surface area contributed by atoms with Gasteiger partial charge in [0.2, 0.25) is 0 Å². The number of fused-ring (bicyclic) bond motifs is 3. The Hall–Kier alpha value is -1.79. The van der Waals surface area contributed by atoms with E-state index in [4.69, 9.17) is 0 Å². The summed E-state index contributed by atoms with van der Waals surface area (Å²) in [6.07, 6.45) is 3.08. The molecule has 24 heavy (non-hydrogen) atoms. The molecule has 0 spiro atoms. The summed E-state index contributed by atoms with van der Waals surface area (Å²) in [7, 11) is 0. The average molecular weight is 358 g/mol. The summed E-state index contributed by atoms with van der Waals surface area (Å²) in [4.78, 5) is 32.9. The van der Waals surface area contributed by atoms with Crippen LogP contribution in [-0.4, -0.2) is 15.3 Å². The van der Waals surface area contributed by atoms with Gasteiger partial charge in [-0.1, -0.05) is 13.0 Å². The molecule has 0 amide bonds. The highest BCUT2D eigenvalue weighted by Crippen LogP contribution is 2.35. The fourth-order valence-corrected chi connectivity index (χ4v) is 5.45. The van der Waals surface area contributed by atoms with Crippen molar-refractivity contribution < 1.29 is 4.79 Å². The molecule has 3 aromatic rings. The Bertz CT molecular complexity index is 983. The summed E-state index contributed by atoms with van der Waals surface area (Å²) in [6, 6.07) is 3.65. The Balaban J connectivity index is 1.82. The van der Waals surface area contributed by atoms with Crippen molar-refractivity contribution in [1.29, 1.82) is 0 Å². The topological polar surface area (TPSA) is 52.0 Å². The fraction of sp³-hybridized carbons (Fsp3) is 0.389. The molecule has 0 saturated heterocycles. The Labute approximate surface area is 147 Å². The molecule has 3 aromatic heterocycles. The maximum absolute atomic E-state index is 13.0. The number of ketones is 1. The number of Topliss-reactive ketones (excluding diaryl/α,β-unsaturated/α-hetero) is 1. The number of thiophene rings is 2. The van der Waals surface area contributed by atoms with Crippen LogP contribution in [0, 0.1) is 12.8 Å². The van der Waals surface area contributed by atoms with Crippen molar-refractivity contribution in [2.75, 3.05) is 0 Å². The van der Waals surface area contributed by atoms with Crippen molar-refractivity contribution >= 4 is 38.7 Å². The third-order valence-electron chi connectivity index (χ3n) is 4.70. The van der Waals surface area contributed by atoms with Gasteiger partial charge in [-0.15, -0.1) is 22.7 Å². The molecular weight excluding hydrogens is 340 g/mol. The number of carbonyl (C=O) groups is 1. The molecule has 4 nitrogen and oxygen atoms in total. The lowest BCUT2D eigenvalue weighted by Crippen LogP contribution is -2.27. The number of aryl methyl sites for hydroxylation is 2. The van der Waals surface area contributed by atoms with E-state index in [1.807, 2.05) is 18.4 Å². The van der Waals surface area contributed by atoms with Gasteiger partial charge in [-0.2, -0.15) is 0 Å². The number of hydrogen-bond donors (Lipinski definition) is 0. The van der Waals surface area contributed by atoms with E-state index < -0.39 is 0 Å². The smallest absolute Gasteiger partial charge is 0.262 e. The van der Waals surface area contributed by atoms with Gasteiger partial charge in [-0.3, -0.25) is 14.2 Å². The predicted octanol–water partition coefficient (Wildman–Crippen LogP) is 3.84. The molecule has 0 bridgehead atoms. The first kappa shape index (κ1) is 15.7. The summed E-state index contributed by atoms with van der Waals surface area (Å²) in [5.74, 6) is 1.24. The van der Waals surface area contributed by atoms with Crippen molar-refractivity contribution in [3.63, 3.8) is 0 Å². The number of carbonyl (C=O) groups excluding carboxylic acids is 1. The van der Waals surface area contributed by atoms with Gasteiger partial charge in [-0.25, -0.2) is 4.98 Å². The lowest BCUT2D eigenvalue weighted by molar-refractivity contribution is 0.0973. The van der Waals surface area contributed by atoms with E-state index in [0.717, 1.165) is 29.5 Å². The molecule has 0 fully saturated rings. The van der Waals surface area contributed by atoms with Crippen LogP contribution in [0.1, 0.15) is 39.3 Å². The van der Waals surface area contributed by atoms with Gasteiger partial charge in [0.1, 0.15) is 10.7 Å². The largest absolute Gasteiger partial charge is 0.291 e. The van der Waals surface area contributed by atoms with Crippen LogP contribution in [0.25, 0.3) is 10.2 Å². The van der Waals surface area contributed by atoms with Crippen molar-refractivity contribution in [3.8, 4) is 0 Å². The molecule has 1 atom stereocenters. The molecule has 3 heterocycles. The zero-order valence-electron chi connectivity index (χ0n) is 13.7. The van der Waals surface area contributed by atoms with Gasteiger partial charge in [-0.05, 0) is 49.1 Å². The van der Waals surface area contributed by atoms with Crippen molar-refractivity contribution in [2.24, 2.45) is 5.92 Å². The Morgan fingerprint density at radius 1 is 1.46 bits per heavy atom. The molecule has 0 aliphatic heterocycles. The SMILES string of the molecule is Cc1nc2sc3c(c2c(=O)n1CC(=O)c1cccs1)CCC(C)C3. The van der Waals surface area contributed by atoms with Crippen LogP contribution in [0.2, 0.25) is 0 Å². The average Bonchev–Trinajstić information content (AvgIpc) is 3.17. The first-order chi connectivity index (χ1) is 11.5. The zero-order valence-corrected chi connectivity index (χ0v) is 15.3. The summed E-state index contributed by atoms with van der Waals surface area (Å²) in [5.41, 5.74) is 1.11. The quantitative estimate of drug-likeness (QED) is 0.669. The molecule has 1 unspecified atom stereocenters. The van der Waals surface area contributed by atoms with Crippen molar-refractivity contribution in [2.45, 2.75) is 39.7 Å². The van der Waals surface area contributed by atoms with Crippen LogP contribution in [0.5, 0.6) is 0 Å². The van der Waals surface area contributed by atoms with Crippen LogP contribution >= 0.6 is 22.7 Å². The normalized spacial score (nSPS) is 17.2. The second-order valence-electron chi connectivity index (χ2n) is 6.48. The van der Waals surface area contributed by atoms with E-state index in [0.29, 0.717) is 16.6 Å². The van der Waals surface area contributed by atoms with Gasteiger partial charge in [0.15, 0.2) is 5.78 Å². The van der Waals surface area contributed by atoms with Crippen molar-refractivity contribution in [1.82, 2.24) is 9.55 Å². The van der Waals surface area contributed by atoms with Crippen LogP contribution in [-0.2, 0) is 19.4 Å². The highest BCUT2D eigenvalue weighted by Gasteiger charge is 2.24. The Morgan fingerprint density at radius 3 is 3.04 bits per heavy atom. The molecule has 0 saturated carbocycles. The van der Waals surface area contributed by atoms with E-state index in [2.05, 4.69) is 11.9 Å². The number of aromatic nitrogens is 2. The summed E-state index contributed by atoms with van der Waals surface area (Å²) in [5, 5.41) is 2.62. The third-order valence-corrected chi connectivity index (χ3v) is 6.76. The lowest BCUT2D eigenvalue weighted by atomic mass is 9.89. The summed E-state index contributed by atoms with van der Waals surface area (Å²) >= 11 is 3.06. The predicted molar refractivity (Wildman–Crippen MR) is 98.5 cm³/mol. The summed E-state index contributed by atoms with van der Waals surface area (Å²) in [6.45, 7) is 4.13. The third kappa shape index (κ3) is 2.54. The van der Waals surface area contributed by atoms with Gasteiger partial charge in [0.25, 0.3) is 5.56 Å². The summed E-state index contributed by atoms with van der Waals surface area (Å²) < 4.78 is 1.54. The first-order valence-electron chi connectivity index (χ1n) is 8.13. The maximum atomic E-state index is 13.0. The second-order valence-corrected chi connectivity index (χ2v) is 8.51. The Kier molecular flexibility index (Phi) is 3.89. The molecule has 1 aliphatic rings. The number of nitrogens with zero attached hydrogens (tertiary/aromatic N) is 2. The van der Waals surface area contributed by atoms with E-state index in [9.17, 15) is 9.59 Å². The van der Waals surface area contributed by atoms with E-state index in [-0.39, 0.29) is 17.9 Å². The van der Waals surface area contributed by atoms with Crippen LogP contribution in [0.15, 0.2) is 22.3 Å². The molecule has 6 heteroatoms. The molecular formula is C18H18N2O2S2. The zero-order chi connectivity index (χ0) is 16.8. The van der Waals surface area contributed by atoms with Gasteiger partial charge < -0.3 is 0 Å². The van der Waals surface area contributed by atoms with Crippen LogP contribution in [0.3, 0.4) is 0 Å². The van der Waals surface area contributed by atoms with Crippen molar-refractivity contribution in [3.05, 3.63) is 49.0 Å². The Morgan fingerprint density at radius 2 is 2.29 bits per heavy atom. The fourth-order valence-electron chi connectivity index (χ4n) is 3.37. The van der Waals surface area contributed by atoms with Crippen LogP contribution in [0.4, 0.5) is 0 Å². The molecule has 124 valence electrons. The molecule has 0 aromatic carbocycles. The second kappa shape index (κ2) is 5.93. The molecule has 0 N–H and O–H groups in total. The maximum Gasteiger partial charge on any atom is 0.262 e. The molecule has 0 radical (unpaired) electrons. The monoisotopic (exact) mass is 358 g/mol. The standard InChI is InChI=1S/C18H18N2O2S2/c1-10-5-6-12-15(8-10)24-17-16(12)18(22)20(11(2)19-17)9-13(21)14-4-3-7-23-14/h3-4,7,10H,5-6,8-9H2,1-2H3. The highest BCUT2D eigenvalue weighted by molar-refractivity contribution is 7.18. The van der Waals surface area contributed by atoms with E-state index >= 15 is 0 Å². The first-order valence-corrected chi connectivity index (χ1v) is 9.82. The minimum atomic E-state index is -0.0607. The van der Waals surface area contributed by atoms with E-state index in [1.54, 1.807) is 17.4 Å². The molecule has 1 aliphatic carbocycles. The number of rotatable bonds is 3. The lowest BCUT2D eigenvalue weighted by Gasteiger charge is -2.17.